The third-order valence-electron chi connectivity index (χ3n) is 1.13. The van der Waals surface area contributed by atoms with Crippen LogP contribution < -0.4 is 5.32 Å². The molecule has 0 saturated carbocycles. The van der Waals surface area contributed by atoms with Gasteiger partial charge in [-0.15, -0.1) is 0 Å². The maximum Gasteiger partial charge on any atom is 0.0939 e. The molecule has 0 amide bonds. The number of nitrogens with one attached hydrogen (secondary N) is 2. The lowest BCUT2D eigenvalue weighted by atomic mass is 10.6. The van der Waals surface area contributed by atoms with E-state index in [1.54, 1.807) is 13.1 Å². The van der Waals surface area contributed by atoms with Crippen LogP contribution in [0.3, 0.4) is 0 Å². The fraction of sp³-hybridized carbons (Fsp3) is 0.571. The molecule has 0 aromatic carbocycles. The first kappa shape index (κ1) is 9.01. The molecule has 0 heterocycles. The Morgan fingerprint density at radius 2 is 2.30 bits per heavy atom. The zero-order chi connectivity index (χ0) is 7.98. The van der Waals surface area contributed by atoms with Gasteiger partial charge < -0.3 is 10.2 Å². The minimum atomic E-state index is 0.459. The summed E-state index contributed by atoms with van der Waals surface area (Å²) in [6.45, 7) is 4.76. The first-order chi connectivity index (χ1) is 4.66. The Morgan fingerprint density at radius 3 is 2.70 bits per heavy atom. The van der Waals surface area contributed by atoms with E-state index in [1.807, 2.05) is 18.1 Å². The Hall–Kier alpha value is -0.990. The van der Waals surface area contributed by atoms with Crippen molar-refractivity contribution >= 4 is 5.84 Å². The lowest BCUT2D eigenvalue weighted by Gasteiger charge is -2.08. The van der Waals surface area contributed by atoms with Gasteiger partial charge in [-0.05, 0) is 13.8 Å². The van der Waals surface area contributed by atoms with Gasteiger partial charge in [-0.2, -0.15) is 0 Å². The summed E-state index contributed by atoms with van der Waals surface area (Å²) in [6, 6.07) is 0. The summed E-state index contributed by atoms with van der Waals surface area (Å²) in [5, 5.41) is 9.79. The van der Waals surface area contributed by atoms with Gasteiger partial charge in [0.05, 0.1) is 5.84 Å². The van der Waals surface area contributed by atoms with Crippen molar-refractivity contribution in [1.82, 2.24) is 10.2 Å². The van der Waals surface area contributed by atoms with Gasteiger partial charge in [-0.25, -0.2) is 0 Å². The van der Waals surface area contributed by atoms with Crippen LogP contribution >= 0.6 is 0 Å². The molecular formula is C7H15N3. The summed E-state index contributed by atoms with van der Waals surface area (Å²) in [6.07, 6.45) is 3.66. The van der Waals surface area contributed by atoms with Crippen molar-refractivity contribution in [3.8, 4) is 0 Å². The highest BCUT2D eigenvalue weighted by Crippen LogP contribution is 1.79. The zero-order valence-electron chi connectivity index (χ0n) is 6.81. The molecule has 3 heteroatoms. The largest absolute Gasteiger partial charge is 0.380 e. The highest BCUT2D eigenvalue weighted by atomic mass is 15.1. The van der Waals surface area contributed by atoms with E-state index in [2.05, 4.69) is 12.2 Å². The lowest BCUT2D eigenvalue weighted by molar-refractivity contribution is 0.482. The Labute approximate surface area is 62.2 Å². The maximum absolute atomic E-state index is 7.01. The Balaban J connectivity index is 3.45. The summed E-state index contributed by atoms with van der Waals surface area (Å²) < 4.78 is 0. The molecule has 0 aromatic heterocycles. The number of hydrogen-bond acceptors (Lipinski definition) is 2. The van der Waals surface area contributed by atoms with Crippen LogP contribution in [-0.4, -0.2) is 24.3 Å². The van der Waals surface area contributed by atoms with Crippen LogP contribution in [0.25, 0.3) is 0 Å². The van der Waals surface area contributed by atoms with E-state index in [1.165, 1.54) is 0 Å². The molecular weight excluding hydrogens is 126 g/mol. The fourth-order valence-electron chi connectivity index (χ4n) is 0.395. The molecule has 3 nitrogen and oxygen atoms in total. The second-order valence-electron chi connectivity index (χ2n) is 2.16. The molecule has 0 bridgehead atoms. The summed E-state index contributed by atoms with van der Waals surface area (Å²) in [7, 11) is 1.98. The lowest BCUT2D eigenvalue weighted by Crippen LogP contribution is -2.15. The van der Waals surface area contributed by atoms with Gasteiger partial charge in [0.2, 0.25) is 0 Å². The van der Waals surface area contributed by atoms with E-state index in [0.29, 0.717) is 5.84 Å². The molecule has 0 spiro atoms. The van der Waals surface area contributed by atoms with Gasteiger partial charge in [0.1, 0.15) is 0 Å². The van der Waals surface area contributed by atoms with Crippen molar-refractivity contribution in [3.05, 3.63) is 12.4 Å². The summed E-state index contributed by atoms with van der Waals surface area (Å²) in [5.74, 6) is 0.459. The van der Waals surface area contributed by atoms with Gasteiger partial charge in [0, 0.05) is 26.0 Å². The van der Waals surface area contributed by atoms with Crippen molar-refractivity contribution in [1.29, 1.82) is 5.41 Å². The van der Waals surface area contributed by atoms with Crippen LogP contribution in [0.15, 0.2) is 12.4 Å². The number of nitrogens with zero attached hydrogens (tertiary/aromatic N) is 1. The topological polar surface area (TPSA) is 39.1 Å². The molecule has 10 heavy (non-hydrogen) atoms. The van der Waals surface area contributed by atoms with E-state index >= 15 is 0 Å². The molecule has 0 radical (unpaired) electrons. The number of amidine groups is 1. The average Bonchev–Trinajstić information content (AvgIpc) is 1.87. The van der Waals surface area contributed by atoms with Crippen molar-refractivity contribution in [2.24, 2.45) is 0 Å². The average molecular weight is 141 g/mol. The zero-order valence-corrected chi connectivity index (χ0v) is 6.81. The van der Waals surface area contributed by atoms with Gasteiger partial charge in [-0.3, -0.25) is 5.41 Å². The number of rotatable bonds is 3. The molecule has 0 aliphatic carbocycles. The first-order valence-corrected chi connectivity index (χ1v) is 3.35. The smallest absolute Gasteiger partial charge is 0.0939 e. The highest BCUT2D eigenvalue weighted by molar-refractivity contribution is 5.76. The van der Waals surface area contributed by atoms with Gasteiger partial charge >= 0.3 is 0 Å². The monoisotopic (exact) mass is 141 g/mol. The SMILES string of the molecule is CCN(C)/C=C\NC(C)=N. The van der Waals surface area contributed by atoms with Crippen LogP contribution in [-0.2, 0) is 0 Å². The summed E-state index contributed by atoms with van der Waals surface area (Å²) in [5.41, 5.74) is 0. The van der Waals surface area contributed by atoms with Crippen LogP contribution in [0.2, 0.25) is 0 Å². The highest BCUT2D eigenvalue weighted by Gasteiger charge is 1.81. The van der Waals surface area contributed by atoms with E-state index in [0.717, 1.165) is 6.54 Å². The van der Waals surface area contributed by atoms with E-state index in [4.69, 9.17) is 5.41 Å². The molecule has 0 aromatic rings. The second kappa shape index (κ2) is 4.85. The molecule has 0 rings (SSSR count). The molecule has 58 valence electrons. The van der Waals surface area contributed by atoms with Crippen molar-refractivity contribution in [3.63, 3.8) is 0 Å². The van der Waals surface area contributed by atoms with E-state index < -0.39 is 0 Å². The van der Waals surface area contributed by atoms with Crippen molar-refractivity contribution < 1.29 is 0 Å². The minimum absolute atomic E-state index is 0.459. The van der Waals surface area contributed by atoms with Crippen LogP contribution in [0.5, 0.6) is 0 Å². The first-order valence-electron chi connectivity index (χ1n) is 3.35. The predicted molar refractivity (Wildman–Crippen MR) is 44.0 cm³/mol. The van der Waals surface area contributed by atoms with Crippen molar-refractivity contribution in [2.75, 3.05) is 13.6 Å². The second-order valence-corrected chi connectivity index (χ2v) is 2.16. The third-order valence-corrected chi connectivity index (χ3v) is 1.13. The summed E-state index contributed by atoms with van der Waals surface area (Å²) >= 11 is 0. The third kappa shape index (κ3) is 5.15. The predicted octanol–water partition coefficient (Wildman–Crippen LogP) is 0.996. The molecule has 0 atom stereocenters. The molecule has 0 unspecified atom stereocenters. The maximum atomic E-state index is 7.01. The quantitative estimate of drug-likeness (QED) is 0.454. The van der Waals surface area contributed by atoms with Crippen LogP contribution in [0.1, 0.15) is 13.8 Å². The Kier molecular flexibility index (Phi) is 4.37. The van der Waals surface area contributed by atoms with Crippen LogP contribution in [0, 0.1) is 5.41 Å². The van der Waals surface area contributed by atoms with Crippen LogP contribution in [0.4, 0.5) is 0 Å². The summed E-state index contributed by atoms with van der Waals surface area (Å²) in [4.78, 5) is 2.02. The Morgan fingerprint density at radius 1 is 1.70 bits per heavy atom. The molecule has 2 N–H and O–H groups in total. The van der Waals surface area contributed by atoms with Gasteiger partial charge in [0.15, 0.2) is 0 Å². The van der Waals surface area contributed by atoms with E-state index in [9.17, 15) is 0 Å². The standard InChI is InChI=1S/C7H15N3/c1-4-10(3)6-5-9-7(2)8/h5-6H,4H2,1-3H3,(H2,8,9)/b6-5-. The molecule has 0 saturated heterocycles. The van der Waals surface area contributed by atoms with E-state index in [-0.39, 0.29) is 0 Å². The van der Waals surface area contributed by atoms with Gasteiger partial charge in [-0.1, -0.05) is 0 Å². The molecule has 0 aliphatic rings. The Bertz CT molecular complexity index is 129. The van der Waals surface area contributed by atoms with Crippen molar-refractivity contribution in [2.45, 2.75) is 13.8 Å². The minimum Gasteiger partial charge on any atom is -0.380 e. The fourth-order valence-corrected chi connectivity index (χ4v) is 0.395. The normalized spacial score (nSPS) is 9.90. The van der Waals surface area contributed by atoms with Gasteiger partial charge in [0.25, 0.3) is 0 Å². The molecule has 0 fully saturated rings. The number of hydrogen-bond donors (Lipinski definition) is 2. The molecule has 0 aliphatic heterocycles.